The van der Waals surface area contributed by atoms with E-state index in [-0.39, 0.29) is 17.3 Å². The van der Waals surface area contributed by atoms with E-state index in [4.69, 9.17) is 0 Å². The Labute approximate surface area is 154 Å². The van der Waals surface area contributed by atoms with Crippen molar-refractivity contribution in [2.45, 2.75) is 18.4 Å². The van der Waals surface area contributed by atoms with E-state index in [1.54, 1.807) is 0 Å². The fraction of sp³-hybridized carbons (Fsp3) is 0.333. The second kappa shape index (κ2) is 8.27. The molecule has 0 amide bonds. The predicted octanol–water partition coefficient (Wildman–Crippen LogP) is 3.06. The molecule has 25 heavy (non-hydrogen) atoms. The maximum atomic E-state index is 13.3. The molecule has 0 atom stereocenters. The van der Waals surface area contributed by atoms with Gasteiger partial charge in [-0.3, -0.25) is 4.90 Å². The Balaban J connectivity index is 0.00000225. The van der Waals surface area contributed by atoms with Crippen LogP contribution in [0.15, 0.2) is 53.4 Å². The fourth-order valence-electron chi connectivity index (χ4n) is 2.86. The Hall–Kier alpha value is -1.47. The molecule has 0 radical (unpaired) electrons. The summed E-state index contributed by atoms with van der Waals surface area (Å²) < 4.78 is 39.9. The van der Waals surface area contributed by atoms with Gasteiger partial charge in [0.25, 0.3) is 0 Å². The summed E-state index contributed by atoms with van der Waals surface area (Å²) in [6.07, 6.45) is 0. The van der Waals surface area contributed by atoms with E-state index >= 15 is 0 Å². The van der Waals surface area contributed by atoms with Crippen molar-refractivity contribution in [3.8, 4) is 0 Å². The number of rotatable bonds is 4. The number of hydrogen-bond donors (Lipinski definition) is 0. The van der Waals surface area contributed by atoms with Gasteiger partial charge in [-0.15, -0.1) is 12.4 Å². The van der Waals surface area contributed by atoms with E-state index < -0.39 is 15.8 Å². The summed E-state index contributed by atoms with van der Waals surface area (Å²) in [4.78, 5) is 2.26. The smallest absolute Gasteiger partial charge is 0.243 e. The number of benzene rings is 2. The molecule has 0 spiro atoms. The molecular formula is C18H22ClFN2O2S. The molecular weight excluding hydrogens is 363 g/mol. The zero-order valence-electron chi connectivity index (χ0n) is 14.1. The molecule has 7 heteroatoms. The Morgan fingerprint density at radius 2 is 1.64 bits per heavy atom. The summed E-state index contributed by atoms with van der Waals surface area (Å²) >= 11 is 0. The lowest BCUT2D eigenvalue weighted by Gasteiger charge is -2.34. The summed E-state index contributed by atoms with van der Waals surface area (Å²) in [6.45, 7) is 5.05. The number of nitrogens with zero attached hydrogens (tertiary/aromatic N) is 2. The lowest BCUT2D eigenvalue weighted by atomic mass is 10.1. The molecule has 1 heterocycles. The third-order valence-electron chi connectivity index (χ3n) is 4.29. The highest BCUT2D eigenvalue weighted by atomic mass is 35.5. The monoisotopic (exact) mass is 384 g/mol. The van der Waals surface area contributed by atoms with Gasteiger partial charge in [0.1, 0.15) is 5.82 Å². The first-order chi connectivity index (χ1) is 11.4. The number of sulfonamides is 1. The molecule has 2 aromatic rings. The summed E-state index contributed by atoms with van der Waals surface area (Å²) in [5.41, 5.74) is 2.45. The molecule has 4 nitrogen and oxygen atoms in total. The van der Waals surface area contributed by atoms with Gasteiger partial charge in [0, 0.05) is 32.7 Å². The van der Waals surface area contributed by atoms with Gasteiger partial charge < -0.3 is 0 Å². The van der Waals surface area contributed by atoms with Crippen molar-refractivity contribution >= 4 is 22.4 Å². The first kappa shape index (κ1) is 19.8. The minimum absolute atomic E-state index is 0. The van der Waals surface area contributed by atoms with E-state index in [1.807, 2.05) is 0 Å². The van der Waals surface area contributed by atoms with Gasteiger partial charge in [-0.05, 0) is 30.7 Å². The van der Waals surface area contributed by atoms with Gasteiger partial charge in [-0.2, -0.15) is 4.31 Å². The Kier molecular flexibility index (Phi) is 6.57. The van der Waals surface area contributed by atoms with E-state index in [1.165, 1.54) is 33.6 Å². The highest BCUT2D eigenvalue weighted by molar-refractivity contribution is 7.89. The quantitative estimate of drug-likeness (QED) is 0.813. The summed E-state index contributed by atoms with van der Waals surface area (Å²) in [6, 6.07) is 13.6. The van der Waals surface area contributed by atoms with Gasteiger partial charge in [-0.1, -0.05) is 35.9 Å². The van der Waals surface area contributed by atoms with Crippen LogP contribution in [0.1, 0.15) is 11.1 Å². The summed E-state index contributed by atoms with van der Waals surface area (Å²) in [7, 11) is -3.62. The van der Waals surface area contributed by atoms with Crippen LogP contribution in [-0.4, -0.2) is 43.8 Å². The molecule has 2 aromatic carbocycles. The predicted molar refractivity (Wildman–Crippen MR) is 98.9 cm³/mol. The standard InChI is InChI=1S/C18H21FN2O2S.ClH/c1-15-5-7-16(8-6-15)14-20-9-11-21(12-10-20)24(22,23)18-4-2-3-17(19)13-18;/h2-8,13H,9-12,14H2,1H3;1H. The third kappa shape index (κ3) is 4.79. The van der Waals surface area contributed by atoms with Crippen LogP contribution >= 0.6 is 12.4 Å². The van der Waals surface area contributed by atoms with Crippen LogP contribution in [-0.2, 0) is 16.6 Å². The minimum Gasteiger partial charge on any atom is -0.296 e. The molecule has 0 aliphatic carbocycles. The third-order valence-corrected chi connectivity index (χ3v) is 6.19. The molecule has 0 saturated carbocycles. The van der Waals surface area contributed by atoms with Crippen molar-refractivity contribution in [2.75, 3.05) is 26.2 Å². The zero-order chi connectivity index (χ0) is 17.2. The molecule has 136 valence electrons. The SMILES string of the molecule is Cc1ccc(CN2CCN(S(=O)(=O)c3cccc(F)c3)CC2)cc1.Cl. The van der Waals surface area contributed by atoms with E-state index in [9.17, 15) is 12.8 Å². The molecule has 1 saturated heterocycles. The largest absolute Gasteiger partial charge is 0.296 e. The summed E-state index contributed by atoms with van der Waals surface area (Å²) in [5, 5.41) is 0. The molecule has 3 rings (SSSR count). The Bertz CT molecular complexity index is 804. The lowest BCUT2D eigenvalue weighted by Crippen LogP contribution is -2.48. The number of halogens is 2. The van der Waals surface area contributed by atoms with Gasteiger partial charge >= 0.3 is 0 Å². The first-order valence-electron chi connectivity index (χ1n) is 7.99. The molecule has 0 aromatic heterocycles. The summed E-state index contributed by atoms with van der Waals surface area (Å²) in [5.74, 6) is -0.533. The average Bonchev–Trinajstić information content (AvgIpc) is 2.57. The van der Waals surface area contributed by atoms with Crippen LogP contribution in [0.4, 0.5) is 4.39 Å². The van der Waals surface area contributed by atoms with Gasteiger partial charge in [0.05, 0.1) is 4.90 Å². The first-order valence-corrected chi connectivity index (χ1v) is 9.43. The molecule has 0 unspecified atom stereocenters. The van der Waals surface area contributed by atoms with Crippen LogP contribution in [0, 0.1) is 12.7 Å². The van der Waals surface area contributed by atoms with Gasteiger partial charge in [-0.25, -0.2) is 12.8 Å². The second-order valence-electron chi connectivity index (χ2n) is 6.12. The van der Waals surface area contributed by atoms with Crippen molar-refractivity contribution in [3.05, 3.63) is 65.5 Å². The van der Waals surface area contributed by atoms with Gasteiger partial charge in [0.15, 0.2) is 0 Å². The lowest BCUT2D eigenvalue weighted by molar-refractivity contribution is 0.181. The Morgan fingerprint density at radius 3 is 2.24 bits per heavy atom. The van der Waals surface area contributed by atoms with Crippen molar-refractivity contribution in [2.24, 2.45) is 0 Å². The highest BCUT2D eigenvalue weighted by Crippen LogP contribution is 2.19. The van der Waals surface area contributed by atoms with Crippen molar-refractivity contribution < 1.29 is 12.8 Å². The molecule has 1 aliphatic heterocycles. The number of piperazine rings is 1. The van der Waals surface area contributed by atoms with E-state index in [2.05, 4.69) is 36.1 Å². The highest BCUT2D eigenvalue weighted by Gasteiger charge is 2.28. The van der Waals surface area contributed by atoms with Crippen LogP contribution < -0.4 is 0 Å². The van der Waals surface area contributed by atoms with E-state index in [0.717, 1.165) is 12.6 Å². The van der Waals surface area contributed by atoms with Crippen molar-refractivity contribution in [1.29, 1.82) is 0 Å². The second-order valence-corrected chi connectivity index (χ2v) is 8.06. The molecule has 0 N–H and O–H groups in total. The van der Waals surface area contributed by atoms with Crippen molar-refractivity contribution in [3.63, 3.8) is 0 Å². The minimum atomic E-state index is -3.62. The number of hydrogen-bond acceptors (Lipinski definition) is 3. The van der Waals surface area contributed by atoms with Gasteiger partial charge in [0.2, 0.25) is 10.0 Å². The average molecular weight is 385 g/mol. The maximum absolute atomic E-state index is 13.3. The van der Waals surface area contributed by atoms with Crippen LogP contribution in [0.2, 0.25) is 0 Å². The van der Waals surface area contributed by atoms with Crippen LogP contribution in [0.5, 0.6) is 0 Å². The molecule has 1 aliphatic rings. The molecule has 1 fully saturated rings. The number of aryl methyl sites for hydroxylation is 1. The van der Waals surface area contributed by atoms with Crippen LogP contribution in [0.3, 0.4) is 0 Å². The fourth-order valence-corrected chi connectivity index (χ4v) is 4.31. The maximum Gasteiger partial charge on any atom is 0.243 e. The van der Waals surface area contributed by atoms with Crippen LogP contribution in [0.25, 0.3) is 0 Å². The van der Waals surface area contributed by atoms with Crippen molar-refractivity contribution in [1.82, 2.24) is 9.21 Å². The normalized spacial score (nSPS) is 16.4. The topological polar surface area (TPSA) is 40.6 Å². The van der Waals surface area contributed by atoms with E-state index in [0.29, 0.717) is 26.2 Å². The Morgan fingerprint density at radius 1 is 1.00 bits per heavy atom. The zero-order valence-corrected chi connectivity index (χ0v) is 15.7. The molecule has 0 bridgehead atoms.